The second kappa shape index (κ2) is 16.4. The van der Waals surface area contributed by atoms with Gasteiger partial charge < -0.3 is 5.11 Å². The Labute approximate surface area is 403 Å². The van der Waals surface area contributed by atoms with E-state index in [0.717, 1.165) is 5.56 Å². The van der Waals surface area contributed by atoms with E-state index in [4.69, 9.17) is 29.7 Å². The van der Waals surface area contributed by atoms with E-state index >= 15 is 0 Å². The maximum absolute atomic E-state index is 12.4. The molecular formula is C56H56N3OPt-. The van der Waals surface area contributed by atoms with Crippen LogP contribution in [0.15, 0.2) is 133 Å². The molecule has 0 saturated carbocycles. The first kappa shape index (κ1) is 25.4. The molecule has 2 aromatic heterocycles. The van der Waals surface area contributed by atoms with Crippen LogP contribution in [0.1, 0.15) is 116 Å². The summed E-state index contributed by atoms with van der Waals surface area (Å²) in [7, 11) is 0. The zero-order chi connectivity index (χ0) is 58.8. The van der Waals surface area contributed by atoms with Gasteiger partial charge in [-0.3, -0.25) is 9.55 Å². The molecule has 8 aromatic rings. The number of aromatic nitrogens is 3. The first-order valence-electron chi connectivity index (χ1n) is 29.0. The van der Waals surface area contributed by atoms with Crippen LogP contribution in [-0.4, -0.2) is 19.6 Å². The van der Waals surface area contributed by atoms with Crippen LogP contribution in [0.5, 0.6) is 5.75 Å². The summed E-state index contributed by atoms with van der Waals surface area (Å²) in [5, 5.41) is 12.4. The minimum Gasteiger partial charge on any atom is -0.507 e. The number of hydrogen-bond donors (Lipinski definition) is 1. The number of phenolic OH excluding ortho intramolecular Hbond substituents is 1. The molecule has 0 spiro atoms. The Kier molecular flexibility index (Phi) is 6.81. The predicted octanol–water partition coefficient (Wildman–Crippen LogP) is 14.8. The van der Waals surface area contributed by atoms with Crippen LogP contribution >= 0.6 is 0 Å². The van der Waals surface area contributed by atoms with E-state index in [1.165, 1.54) is 18.2 Å². The molecule has 2 heterocycles. The Balaban J connectivity index is 0.00000924. The van der Waals surface area contributed by atoms with Gasteiger partial charge in [0.05, 0.1) is 31.9 Å². The number of phenols is 1. The summed E-state index contributed by atoms with van der Waals surface area (Å²) in [4.78, 5) is 9.69. The predicted molar refractivity (Wildman–Crippen MR) is 252 cm³/mol. The Hall–Kier alpha value is -5.57. The van der Waals surface area contributed by atoms with Crippen LogP contribution in [0.25, 0.3) is 72.7 Å². The number of aromatic hydroxyl groups is 1. The van der Waals surface area contributed by atoms with Crippen molar-refractivity contribution in [1.29, 1.82) is 0 Å². The van der Waals surface area contributed by atoms with Crippen molar-refractivity contribution in [3.63, 3.8) is 0 Å². The molecule has 0 unspecified atom stereocenters. The van der Waals surface area contributed by atoms with Crippen LogP contribution in [-0.2, 0) is 37.3 Å². The topological polar surface area (TPSA) is 50.9 Å². The van der Waals surface area contributed by atoms with Gasteiger partial charge in [-0.2, -0.15) is 0 Å². The number of fused-ring (bicyclic) bond motifs is 1. The van der Waals surface area contributed by atoms with Crippen LogP contribution in [0.3, 0.4) is 0 Å². The number of nitrogens with zero attached hydrogens (tertiary/aromatic N) is 3. The molecule has 0 amide bonds. The number of rotatable bonds is 6. The van der Waals surface area contributed by atoms with Crippen molar-refractivity contribution in [3.8, 4) is 67.5 Å². The van der Waals surface area contributed by atoms with E-state index in [9.17, 15) is 6.48 Å². The third-order valence-corrected chi connectivity index (χ3v) is 10.5. The molecule has 61 heavy (non-hydrogen) atoms. The molecule has 1 N–H and O–H groups in total. The second-order valence-electron chi connectivity index (χ2n) is 17.1. The fourth-order valence-corrected chi connectivity index (χ4v) is 7.36. The average molecular weight is 1000 g/mol. The van der Waals surface area contributed by atoms with Crippen molar-refractivity contribution >= 4 is 11.0 Å². The summed E-state index contributed by atoms with van der Waals surface area (Å²) < 4.78 is 165. The van der Waals surface area contributed by atoms with Gasteiger partial charge in [-0.05, 0) is 88.1 Å². The molecule has 0 saturated heterocycles. The summed E-state index contributed by atoms with van der Waals surface area (Å²) in [6.45, 7) is -0.260. The van der Waals surface area contributed by atoms with Crippen molar-refractivity contribution in [2.24, 2.45) is 0 Å². The number of hydrogen-bond acceptors (Lipinski definition) is 3. The summed E-state index contributed by atoms with van der Waals surface area (Å²) >= 11 is 0. The fourth-order valence-electron chi connectivity index (χ4n) is 7.36. The molecule has 8 rings (SSSR count). The molecule has 0 aliphatic heterocycles. The largest absolute Gasteiger partial charge is 0.507 e. The molecule has 0 atom stereocenters. The Morgan fingerprint density at radius 1 is 0.656 bits per heavy atom. The minimum absolute atomic E-state index is 0. The number of imidazole rings is 1. The van der Waals surface area contributed by atoms with Gasteiger partial charge in [0.1, 0.15) is 11.6 Å². The molecule has 312 valence electrons. The van der Waals surface area contributed by atoms with Crippen LogP contribution < -0.4 is 0 Å². The van der Waals surface area contributed by atoms with Crippen LogP contribution in [0.4, 0.5) is 0 Å². The zero-order valence-electron chi connectivity index (χ0n) is 53.8. The molecule has 0 bridgehead atoms. The Morgan fingerprint density at radius 3 is 2.08 bits per heavy atom. The molecule has 0 fully saturated rings. The number of benzene rings is 6. The Morgan fingerprint density at radius 2 is 1.39 bits per heavy atom. The van der Waals surface area contributed by atoms with E-state index < -0.39 is 108 Å². The maximum Gasteiger partial charge on any atom is 0.148 e. The summed E-state index contributed by atoms with van der Waals surface area (Å²) in [6, 6.07) is 23.7. The molecule has 4 nitrogen and oxygen atoms in total. The van der Waals surface area contributed by atoms with E-state index in [-0.39, 0.29) is 55.0 Å². The quantitative estimate of drug-likeness (QED) is 0.169. The van der Waals surface area contributed by atoms with Crippen molar-refractivity contribution in [2.45, 2.75) is 92.1 Å². The number of pyridine rings is 1. The van der Waals surface area contributed by atoms with Crippen molar-refractivity contribution in [3.05, 3.63) is 167 Å². The number of para-hydroxylation sites is 1. The average Bonchev–Trinajstić information content (AvgIpc) is 3.72. The summed E-state index contributed by atoms with van der Waals surface area (Å²) in [5.74, 6) is 0.0710. The fraction of sp³-hybridized carbons (Fsp3) is 0.250. The van der Waals surface area contributed by atoms with Crippen molar-refractivity contribution in [2.75, 3.05) is 0 Å². The molecule has 0 radical (unpaired) electrons. The second-order valence-corrected chi connectivity index (χ2v) is 17.1. The monoisotopic (exact) mass is 1000 g/mol. The molecule has 6 aromatic carbocycles. The summed E-state index contributed by atoms with van der Waals surface area (Å²) in [6.07, 6.45) is -0.680. The third kappa shape index (κ3) is 8.66. The van der Waals surface area contributed by atoms with Gasteiger partial charge in [0.15, 0.2) is 0 Å². The normalized spacial score (nSPS) is 17.5. The van der Waals surface area contributed by atoms with E-state index in [2.05, 4.69) is 11.1 Å². The Bertz CT molecular complexity index is 3690. The first-order valence-corrected chi connectivity index (χ1v) is 19.5. The van der Waals surface area contributed by atoms with Crippen molar-refractivity contribution in [1.82, 2.24) is 14.5 Å². The van der Waals surface area contributed by atoms with Crippen LogP contribution in [0.2, 0.25) is 0 Å². The van der Waals surface area contributed by atoms with Gasteiger partial charge in [0.25, 0.3) is 0 Å². The van der Waals surface area contributed by atoms with Crippen molar-refractivity contribution < 1.29 is 52.2 Å². The van der Waals surface area contributed by atoms with Gasteiger partial charge in [-0.1, -0.05) is 164 Å². The van der Waals surface area contributed by atoms with Gasteiger partial charge >= 0.3 is 0 Å². The zero-order valence-corrected chi connectivity index (χ0v) is 37.0. The van der Waals surface area contributed by atoms with E-state index in [1.807, 2.05) is 60.6 Å². The van der Waals surface area contributed by atoms with Gasteiger partial charge in [0.2, 0.25) is 0 Å². The molecular weight excluding hydrogens is 926 g/mol. The smallest absolute Gasteiger partial charge is 0.148 e. The molecule has 5 heteroatoms. The number of aryl methyl sites for hydroxylation is 1. The summed E-state index contributed by atoms with van der Waals surface area (Å²) in [5.41, 5.74) is -2.24. The van der Waals surface area contributed by atoms with Gasteiger partial charge in [0, 0.05) is 60.5 Å². The minimum atomic E-state index is -3.57. The maximum atomic E-state index is 12.4. The van der Waals surface area contributed by atoms with Gasteiger partial charge in [-0.15, -0.1) is 29.3 Å². The van der Waals surface area contributed by atoms with E-state index in [1.54, 1.807) is 65.2 Å². The van der Waals surface area contributed by atoms with Gasteiger partial charge in [-0.25, -0.2) is 4.98 Å². The van der Waals surface area contributed by atoms with Crippen LogP contribution in [0, 0.1) is 19.8 Å². The standard InChI is InChI=1S/C56H56N3O.Pt/c1-35-20-22-37(23-21-35)39-26-27-57-48(33-39)41-30-40(31-43(32-41)55(6,7)8)44-18-15-19-50-51(44)58-53(46-28-36(2)29-47(52(46)60)56(9,10)11)59(50)49-25-24-42(54(3,4)5)34-45(49)38-16-13-12-14-17-38;/h12-29,31-34,60H,1-11H3;/q-1;/i1D3,3D3,4D3,5D3,20D,21D,22D,23D,26D,27D,33D;. The third-order valence-electron chi connectivity index (χ3n) is 10.5. The SMILES string of the molecule is [2H]c1nc(-c2[c-]c(-c3cccc4c3nc(-c3cc(C)cc(C(C)(C)C)c3O)n4-c3ccc(C(C([2H])([2H])[2H])(C([2H])([2H])[2H])C([2H])([2H])[2H])cc3-c3ccccc3)cc(C(C)(C)C)c2)c([2H])c(-c2c([2H])c([2H])c(C([2H])([2H])[2H])c([2H])c2[2H])c1[2H].[Pt]. The first-order chi connectivity index (χ1) is 36.2. The van der Waals surface area contributed by atoms with E-state index in [0.29, 0.717) is 44.5 Å². The molecule has 0 aliphatic rings. The molecule has 0 aliphatic carbocycles.